The molecule has 0 N–H and O–H groups in total. The molecule has 2 aliphatic rings. The fourth-order valence-electron chi connectivity index (χ4n) is 2.69. The topological polar surface area (TPSA) is 60.9 Å². The number of amides is 4. The maximum Gasteiger partial charge on any atom is 0.335 e. The minimum Gasteiger partial charge on any atom is -0.281 e. The van der Waals surface area contributed by atoms with E-state index in [2.05, 4.69) is 18.2 Å². The number of urea groups is 1. The Labute approximate surface area is 128 Å². The summed E-state index contributed by atoms with van der Waals surface area (Å²) in [6.07, 6.45) is 2.96. The first-order valence-corrected chi connectivity index (χ1v) is 7.18. The molecule has 1 aromatic rings. The van der Waals surface area contributed by atoms with Crippen LogP contribution < -0.4 is 0 Å². The molecule has 6 nitrogen and oxygen atoms in total. The van der Waals surface area contributed by atoms with Gasteiger partial charge in [0.1, 0.15) is 0 Å². The van der Waals surface area contributed by atoms with E-state index in [-0.39, 0.29) is 6.67 Å². The third-order valence-corrected chi connectivity index (χ3v) is 4.03. The van der Waals surface area contributed by atoms with Crippen molar-refractivity contribution in [3.8, 4) is 0 Å². The molecule has 0 spiro atoms. The number of rotatable bonds is 3. The molecule has 6 heteroatoms. The average Bonchev–Trinajstić information content (AvgIpc) is 2.74. The van der Waals surface area contributed by atoms with Gasteiger partial charge in [0.15, 0.2) is 0 Å². The van der Waals surface area contributed by atoms with Crippen molar-refractivity contribution in [1.82, 2.24) is 14.7 Å². The lowest BCUT2D eigenvalue weighted by Crippen LogP contribution is -2.43. The lowest BCUT2D eigenvalue weighted by atomic mass is 10.00. The highest BCUT2D eigenvalue weighted by Crippen LogP contribution is 2.22. The SMILES string of the molecule is CN1C(=O)C(=O)N(CN2CC=C(c3ccccc3)CC2)C1=O. The minimum atomic E-state index is -0.762. The molecule has 0 atom stereocenters. The fraction of sp³-hybridized carbons (Fsp3) is 0.312. The van der Waals surface area contributed by atoms with E-state index in [1.54, 1.807) is 0 Å². The van der Waals surface area contributed by atoms with Gasteiger partial charge < -0.3 is 0 Å². The summed E-state index contributed by atoms with van der Waals surface area (Å²) in [5.74, 6) is -1.51. The van der Waals surface area contributed by atoms with Crippen molar-refractivity contribution in [2.24, 2.45) is 0 Å². The summed E-state index contributed by atoms with van der Waals surface area (Å²) < 4.78 is 0. The Morgan fingerprint density at radius 2 is 1.77 bits per heavy atom. The molecular formula is C16H17N3O3. The molecule has 4 amide bonds. The van der Waals surface area contributed by atoms with Gasteiger partial charge in [0.25, 0.3) is 0 Å². The summed E-state index contributed by atoms with van der Waals surface area (Å²) in [5, 5.41) is 0. The Balaban J connectivity index is 1.65. The van der Waals surface area contributed by atoms with E-state index in [1.165, 1.54) is 18.2 Å². The largest absolute Gasteiger partial charge is 0.335 e. The number of carbonyl (C=O) groups excluding carboxylic acids is 3. The molecule has 22 heavy (non-hydrogen) atoms. The number of imide groups is 2. The molecule has 0 bridgehead atoms. The predicted octanol–water partition coefficient (Wildman–Crippen LogP) is 1.15. The summed E-state index contributed by atoms with van der Waals surface area (Å²) in [7, 11) is 1.33. The predicted molar refractivity (Wildman–Crippen MR) is 80.5 cm³/mol. The molecular weight excluding hydrogens is 282 g/mol. The summed E-state index contributed by atoms with van der Waals surface area (Å²) in [6.45, 7) is 1.56. The molecule has 0 aliphatic carbocycles. The van der Waals surface area contributed by atoms with Gasteiger partial charge in [0.2, 0.25) is 0 Å². The van der Waals surface area contributed by atoms with Crippen LogP contribution in [0, 0.1) is 0 Å². The summed E-state index contributed by atoms with van der Waals surface area (Å²) in [6, 6.07) is 9.59. The number of hydrogen-bond donors (Lipinski definition) is 0. The van der Waals surface area contributed by atoms with Crippen molar-refractivity contribution in [3.05, 3.63) is 42.0 Å². The first kappa shape index (κ1) is 14.5. The van der Waals surface area contributed by atoms with Crippen LogP contribution in [0.2, 0.25) is 0 Å². The van der Waals surface area contributed by atoms with Gasteiger partial charge in [-0.2, -0.15) is 0 Å². The van der Waals surface area contributed by atoms with Crippen LogP contribution in [0.15, 0.2) is 36.4 Å². The molecule has 3 rings (SSSR count). The zero-order chi connectivity index (χ0) is 15.7. The molecule has 1 saturated heterocycles. The third-order valence-electron chi connectivity index (χ3n) is 4.03. The van der Waals surface area contributed by atoms with E-state index in [0.29, 0.717) is 6.54 Å². The second kappa shape index (κ2) is 5.73. The number of hydrogen-bond acceptors (Lipinski definition) is 4. The zero-order valence-electron chi connectivity index (χ0n) is 12.4. The van der Waals surface area contributed by atoms with Crippen LogP contribution in [0.4, 0.5) is 4.79 Å². The Morgan fingerprint density at radius 1 is 1.05 bits per heavy atom. The molecule has 0 radical (unpaired) electrons. The summed E-state index contributed by atoms with van der Waals surface area (Å²) >= 11 is 0. The second-order valence-corrected chi connectivity index (χ2v) is 5.44. The normalized spacial score (nSPS) is 19.9. The Kier molecular flexibility index (Phi) is 3.77. The lowest BCUT2D eigenvalue weighted by Gasteiger charge is -2.29. The molecule has 1 fully saturated rings. The van der Waals surface area contributed by atoms with Crippen LogP contribution >= 0.6 is 0 Å². The highest BCUT2D eigenvalue weighted by Gasteiger charge is 2.42. The molecule has 2 heterocycles. The van der Waals surface area contributed by atoms with E-state index >= 15 is 0 Å². The Bertz CT molecular complexity index is 654. The van der Waals surface area contributed by atoms with Crippen LogP contribution in [0.25, 0.3) is 5.57 Å². The van der Waals surface area contributed by atoms with Crippen molar-refractivity contribution >= 4 is 23.4 Å². The van der Waals surface area contributed by atoms with Crippen LogP contribution in [-0.2, 0) is 9.59 Å². The number of carbonyl (C=O) groups is 3. The Morgan fingerprint density at radius 3 is 2.32 bits per heavy atom. The van der Waals surface area contributed by atoms with E-state index < -0.39 is 17.8 Å². The number of likely N-dealkylation sites (N-methyl/N-ethyl adjacent to an activating group) is 1. The minimum absolute atomic E-state index is 0.159. The maximum absolute atomic E-state index is 11.9. The van der Waals surface area contributed by atoms with Crippen molar-refractivity contribution in [2.75, 3.05) is 26.8 Å². The van der Waals surface area contributed by atoms with E-state index in [9.17, 15) is 14.4 Å². The average molecular weight is 299 g/mol. The smallest absolute Gasteiger partial charge is 0.281 e. The van der Waals surface area contributed by atoms with Gasteiger partial charge in [-0.15, -0.1) is 0 Å². The number of benzene rings is 1. The summed E-state index contributed by atoms with van der Waals surface area (Å²) in [4.78, 5) is 38.9. The van der Waals surface area contributed by atoms with Gasteiger partial charge in [-0.25, -0.2) is 9.69 Å². The first-order chi connectivity index (χ1) is 10.6. The molecule has 1 aromatic carbocycles. The highest BCUT2D eigenvalue weighted by atomic mass is 16.2. The standard InChI is InChI=1S/C16H17N3O3/c1-17-14(20)15(21)19(16(17)22)11-18-9-7-13(8-10-18)12-5-3-2-4-6-12/h2-7H,8-11H2,1H3. The van der Waals surface area contributed by atoms with Gasteiger partial charge in [-0.1, -0.05) is 36.4 Å². The van der Waals surface area contributed by atoms with Gasteiger partial charge in [0.05, 0.1) is 6.67 Å². The fourth-order valence-corrected chi connectivity index (χ4v) is 2.69. The number of nitrogens with zero attached hydrogens (tertiary/aromatic N) is 3. The first-order valence-electron chi connectivity index (χ1n) is 7.18. The van der Waals surface area contributed by atoms with Crippen molar-refractivity contribution in [1.29, 1.82) is 0 Å². The van der Waals surface area contributed by atoms with Crippen molar-refractivity contribution in [3.63, 3.8) is 0 Å². The van der Waals surface area contributed by atoms with E-state index in [0.717, 1.165) is 22.8 Å². The van der Waals surface area contributed by atoms with Gasteiger partial charge in [-0.3, -0.25) is 19.4 Å². The Hall–Kier alpha value is -2.47. The van der Waals surface area contributed by atoms with Crippen molar-refractivity contribution < 1.29 is 14.4 Å². The quantitative estimate of drug-likeness (QED) is 0.620. The second-order valence-electron chi connectivity index (χ2n) is 5.44. The van der Waals surface area contributed by atoms with Gasteiger partial charge >= 0.3 is 17.8 Å². The van der Waals surface area contributed by atoms with Crippen LogP contribution in [0.5, 0.6) is 0 Å². The van der Waals surface area contributed by atoms with Crippen LogP contribution in [0.3, 0.4) is 0 Å². The molecule has 0 saturated carbocycles. The van der Waals surface area contributed by atoms with Crippen LogP contribution in [0.1, 0.15) is 12.0 Å². The highest BCUT2D eigenvalue weighted by molar-refractivity contribution is 6.44. The van der Waals surface area contributed by atoms with Gasteiger partial charge in [0, 0.05) is 20.1 Å². The molecule has 0 aromatic heterocycles. The zero-order valence-corrected chi connectivity index (χ0v) is 12.4. The summed E-state index contributed by atoms with van der Waals surface area (Å²) in [5.41, 5.74) is 2.47. The van der Waals surface area contributed by atoms with E-state index in [4.69, 9.17) is 0 Å². The van der Waals surface area contributed by atoms with E-state index in [1.807, 2.05) is 23.1 Å². The lowest BCUT2D eigenvalue weighted by molar-refractivity contribution is -0.143. The molecule has 2 aliphatic heterocycles. The third kappa shape index (κ3) is 2.53. The van der Waals surface area contributed by atoms with Crippen LogP contribution in [-0.4, -0.2) is 59.4 Å². The molecule has 114 valence electrons. The monoisotopic (exact) mass is 299 g/mol. The molecule has 0 unspecified atom stereocenters. The van der Waals surface area contributed by atoms with Crippen molar-refractivity contribution in [2.45, 2.75) is 6.42 Å². The maximum atomic E-state index is 11.9. The van der Waals surface area contributed by atoms with Gasteiger partial charge in [-0.05, 0) is 17.6 Å².